The highest BCUT2D eigenvalue weighted by molar-refractivity contribution is 6.08. The summed E-state index contributed by atoms with van der Waals surface area (Å²) in [6.07, 6.45) is 2.34. The van der Waals surface area contributed by atoms with Crippen molar-refractivity contribution in [3.8, 4) is 17.0 Å². The van der Waals surface area contributed by atoms with Gasteiger partial charge in [-0.25, -0.2) is 4.79 Å². The Bertz CT molecular complexity index is 2420. The Morgan fingerprint density at radius 1 is 0.817 bits per heavy atom. The number of aryl methyl sites for hydroxylation is 1. The molecule has 0 radical (unpaired) electrons. The number of phenols is 1. The molecule has 1 unspecified atom stereocenters. The molecule has 2 atom stereocenters. The first-order valence-electron chi connectivity index (χ1n) is 20.8. The van der Waals surface area contributed by atoms with Crippen molar-refractivity contribution < 1.29 is 29.3 Å². The first-order chi connectivity index (χ1) is 28.6. The van der Waals surface area contributed by atoms with Crippen LogP contribution < -0.4 is 4.90 Å². The first kappa shape index (κ1) is 41.1. The molecular weight excluding hydrogens is 778 g/mol. The van der Waals surface area contributed by atoms with Crippen molar-refractivity contribution in [2.24, 2.45) is 0 Å². The molecule has 1 aromatic heterocycles. The van der Waals surface area contributed by atoms with Crippen molar-refractivity contribution in [2.45, 2.75) is 64.2 Å². The van der Waals surface area contributed by atoms with Crippen molar-refractivity contribution in [2.75, 3.05) is 51.3 Å². The highest BCUT2D eigenvalue weighted by atomic mass is 35.5. The lowest BCUT2D eigenvalue weighted by Gasteiger charge is -2.41. The largest absolute Gasteiger partial charge is 0.508 e. The van der Waals surface area contributed by atoms with Crippen molar-refractivity contribution in [3.63, 3.8) is 0 Å². The third kappa shape index (κ3) is 7.77. The topological polar surface area (TPSA) is 119 Å². The van der Waals surface area contributed by atoms with Gasteiger partial charge < -0.3 is 34.2 Å². The van der Waals surface area contributed by atoms with E-state index >= 15 is 4.79 Å². The summed E-state index contributed by atoms with van der Waals surface area (Å²) in [5.41, 5.74) is 10.6. The summed E-state index contributed by atoms with van der Waals surface area (Å²) >= 11 is 0. The molecule has 1 fully saturated rings. The minimum Gasteiger partial charge on any atom is -0.508 e. The fraction of sp³-hybridized carbons (Fsp3) is 0.354. The van der Waals surface area contributed by atoms with Crippen LogP contribution in [0.4, 0.5) is 10.5 Å². The number of carboxylic acid groups (broad SMARTS) is 1. The number of morpholine rings is 1. The molecule has 2 N–H and O–H groups in total. The number of ether oxygens (including phenoxy) is 1. The smallest absolute Gasteiger partial charge is 0.407 e. The number of anilines is 1. The molecule has 12 heteroatoms. The Balaban J connectivity index is 0.00000499. The number of nitrogens with zero attached hydrogens (tertiary/aromatic N) is 5. The van der Waals surface area contributed by atoms with E-state index in [-0.39, 0.29) is 55.0 Å². The highest BCUT2D eigenvalue weighted by Gasteiger charge is 2.37. The Morgan fingerprint density at radius 3 is 2.30 bits per heavy atom. The van der Waals surface area contributed by atoms with E-state index in [2.05, 4.69) is 52.8 Å². The van der Waals surface area contributed by atoms with E-state index in [0.717, 1.165) is 83.5 Å². The number of carbonyl (C=O) groups excluding carboxylic acids is 2. The molecule has 11 nitrogen and oxygen atoms in total. The summed E-state index contributed by atoms with van der Waals surface area (Å²) in [4.78, 5) is 50.3. The zero-order valence-electron chi connectivity index (χ0n) is 34.2. The van der Waals surface area contributed by atoms with E-state index in [0.29, 0.717) is 49.7 Å². The van der Waals surface area contributed by atoms with E-state index in [4.69, 9.17) is 4.74 Å². The summed E-state index contributed by atoms with van der Waals surface area (Å²) in [7, 11) is 1.75. The predicted molar refractivity (Wildman–Crippen MR) is 233 cm³/mol. The van der Waals surface area contributed by atoms with E-state index in [1.165, 1.54) is 10.5 Å². The fourth-order valence-corrected chi connectivity index (χ4v) is 9.77. The number of rotatable bonds is 7. The quantitative estimate of drug-likeness (QED) is 0.173. The van der Waals surface area contributed by atoms with Gasteiger partial charge in [0.1, 0.15) is 5.75 Å². The molecule has 5 heterocycles. The number of halogens is 1. The van der Waals surface area contributed by atoms with Crippen LogP contribution in [0.5, 0.6) is 5.75 Å². The van der Waals surface area contributed by atoms with Gasteiger partial charge >= 0.3 is 6.09 Å². The second-order valence-corrected chi connectivity index (χ2v) is 16.5. The Kier molecular flexibility index (Phi) is 11.8. The maximum atomic E-state index is 15.6. The molecule has 312 valence electrons. The van der Waals surface area contributed by atoms with Crippen molar-refractivity contribution in [3.05, 3.63) is 141 Å². The summed E-state index contributed by atoms with van der Waals surface area (Å²) in [5.74, 6) is -0.391. The van der Waals surface area contributed by atoms with Gasteiger partial charge in [0.25, 0.3) is 11.8 Å². The Hall–Kier alpha value is -5.62. The van der Waals surface area contributed by atoms with Crippen molar-refractivity contribution in [1.82, 2.24) is 19.3 Å². The number of fused-ring (bicyclic) bond motifs is 3. The lowest BCUT2D eigenvalue weighted by Crippen LogP contribution is -2.52. The van der Waals surface area contributed by atoms with Crippen LogP contribution in [0.25, 0.3) is 11.3 Å². The van der Waals surface area contributed by atoms with Gasteiger partial charge in [-0.05, 0) is 108 Å². The molecule has 9 rings (SSSR count). The molecular formula is C48H52ClN5O6. The van der Waals surface area contributed by atoms with Crippen LogP contribution in [0.3, 0.4) is 0 Å². The Morgan fingerprint density at radius 2 is 1.55 bits per heavy atom. The summed E-state index contributed by atoms with van der Waals surface area (Å²) in [6.45, 7) is 7.34. The summed E-state index contributed by atoms with van der Waals surface area (Å²) in [6, 6.07) is 29.1. The highest BCUT2D eigenvalue weighted by Crippen LogP contribution is 2.42. The average Bonchev–Trinajstić information content (AvgIpc) is 3.65. The molecule has 0 saturated carbocycles. The molecule has 4 aromatic carbocycles. The molecule has 0 bridgehead atoms. The van der Waals surface area contributed by atoms with Crippen molar-refractivity contribution in [1.29, 1.82) is 0 Å². The van der Waals surface area contributed by atoms with Crippen LogP contribution in [-0.4, -0.2) is 99.9 Å². The monoisotopic (exact) mass is 829 g/mol. The third-order valence-corrected chi connectivity index (χ3v) is 13.0. The van der Waals surface area contributed by atoms with Crippen molar-refractivity contribution >= 4 is 36.0 Å². The van der Waals surface area contributed by atoms with Gasteiger partial charge in [-0.2, -0.15) is 0 Å². The normalized spacial score (nSPS) is 18.8. The molecule has 3 amide bonds. The fourth-order valence-electron chi connectivity index (χ4n) is 9.77. The van der Waals surface area contributed by atoms with E-state index in [1.807, 2.05) is 35.2 Å². The Labute approximate surface area is 357 Å². The second-order valence-electron chi connectivity index (χ2n) is 16.5. The van der Waals surface area contributed by atoms with Gasteiger partial charge in [-0.3, -0.25) is 14.5 Å². The lowest BCUT2D eigenvalue weighted by molar-refractivity contribution is 0.0193. The minimum absolute atomic E-state index is 0. The second kappa shape index (κ2) is 17.2. The third-order valence-electron chi connectivity index (χ3n) is 13.0. The molecule has 4 aliphatic heterocycles. The molecule has 5 aromatic rings. The SMILES string of the molecule is Cc1ccccc1C1CN(C(=O)O)Cc2cc(C(=O)N3Cc4ccccc4C[C@H]3CN3CCOCC3)c(-c3cc(C(=O)N(C)c4ccc(O)cc4)c4n3CCCC4)cc21.Cl. The number of phenolic OH excluding ortho intramolecular Hbond substituents is 1. The van der Waals surface area contributed by atoms with Crippen LogP contribution in [0, 0.1) is 6.92 Å². The summed E-state index contributed by atoms with van der Waals surface area (Å²) in [5, 5.41) is 20.4. The lowest BCUT2D eigenvalue weighted by atomic mass is 9.80. The molecule has 0 aliphatic carbocycles. The van der Waals surface area contributed by atoms with Crippen LogP contribution in [0.2, 0.25) is 0 Å². The van der Waals surface area contributed by atoms with Gasteiger partial charge in [0.15, 0.2) is 0 Å². The number of aromatic hydroxyl groups is 1. The maximum Gasteiger partial charge on any atom is 0.407 e. The minimum atomic E-state index is -0.994. The number of benzene rings is 4. The predicted octanol–water partition coefficient (Wildman–Crippen LogP) is 7.73. The number of hydrogen-bond acceptors (Lipinski definition) is 6. The molecule has 0 spiro atoms. The number of carbonyl (C=O) groups is 3. The van der Waals surface area contributed by atoms with Gasteiger partial charge in [-0.1, -0.05) is 48.5 Å². The number of hydrogen-bond donors (Lipinski definition) is 2. The van der Waals surface area contributed by atoms with Crippen LogP contribution in [0.15, 0.2) is 91.0 Å². The summed E-state index contributed by atoms with van der Waals surface area (Å²) < 4.78 is 7.92. The van der Waals surface area contributed by atoms with Gasteiger partial charge in [-0.15, -0.1) is 12.4 Å². The number of amides is 3. The van der Waals surface area contributed by atoms with Gasteiger partial charge in [0.05, 0.1) is 18.8 Å². The number of aromatic nitrogens is 1. The van der Waals surface area contributed by atoms with Gasteiger partial charge in [0, 0.05) is 93.0 Å². The standard InChI is InChI=1S/C48H51N5O6.ClH/c1-31-9-3-6-12-38(31)43-30-51(48(57)58)27-34-24-41(47(56)53-28-33-11-5-4-10-32(33)23-36(53)29-50-19-21-59-22-20-50)40(25-39(34)43)45-26-42(44-13-7-8-18-52(44)45)46(55)49(2)35-14-16-37(54)17-15-35;/h3-6,9-12,14-17,24-26,36,43,54H,7-8,13,18-23,27-30H2,1-2H3,(H,57,58);1H/t36-,43?;/m0./s1. The molecule has 1 saturated heterocycles. The van der Waals surface area contributed by atoms with Gasteiger partial charge in [0.2, 0.25) is 0 Å². The van der Waals surface area contributed by atoms with Crippen LogP contribution >= 0.6 is 12.4 Å². The first-order valence-corrected chi connectivity index (χ1v) is 20.8. The maximum absolute atomic E-state index is 15.6. The molecule has 4 aliphatic rings. The zero-order valence-corrected chi connectivity index (χ0v) is 35.0. The average molecular weight is 830 g/mol. The van der Waals surface area contributed by atoms with E-state index in [9.17, 15) is 19.8 Å². The molecule has 60 heavy (non-hydrogen) atoms. The zero-order chi connectivity index (χ0) is 40.8. The van der Waals surface area contributed by atoms with E-state index in [1.54, 1.807) is 36.2 Å². The van der Waals surface area contributed by atoms with Crippen LogP contribution in [-0.2, 0) is 37.2 Å². The van der Waals surface area contributed by atoms with Crippen LogP contribution in [0.1, 0.15) is 78.6 Å². The van der Waals surface area contributed by atoms with E-state index < -0.39 is 6.09 Å².